The Bertz CT molecular complexity index is 282. The molecular formula is C11H19NO4. The van der Waals surface area contributed by atoms with Crippen molar-refractivity contribution in [2.75, 3.05) is 20.2 Å². The molecule has 1 aliphatic heterocycles. The number of ketones is 1. The van der Waals surface area contributed by atoms with Gasteiger partial charge < -0.3 is 14.4 Å². The molecule has 0 N–H and O–H groups in total. The van der Waals surface area contributed by atoms with Crippen LogP contribution in [-0.2, 0) is 14.3 Å². The van der Waals surface area contributed by atoms with E-state index in [-0.39, 0.29) is 18.4 Å². The highest BCUT2D eigenvalue weighted by atomic mass is 16.6. The Kier molecular flexibility index (Phi) is 3.91. The van der Waals surface area contributed by atoms with Gasteiger partial charge in [-0.1, -0.05) is 0 Å². The van der Waals surface area contributed by atoms with Gasteiger partial charge in [0.15, 0.2) is 5.78 Å². The van der Waals surface area contributed by atoms with E-state index in [0.717, 1.165) is 0 Å². The lowest BCUT2D eigenvalue weighted by molar-refractivity contribution is -0.133. The summed E-state index contributed by atoms with van der Waals surface area (Å²) in [5, 5.41) is 0. The van der Waals surface area contributed by atoms with E-state index >= 15 is 0 Å². The number of rotatable bonds is 1. The number of amides is 1. The SMILES string of the molecule is COC1CN(C(=O)OC(C)(C)C)CCC1=O. The van der Waals surface area contributed by atoms with Gasteiger partial charge in [0.25, 0.3) is 0 Å². The van der Waals surface area contributed by atoms with E-state index in [1.54, 1.807) is 0 Å². The van der Waals surface area contributed by atoms with E-state index in [9.17, 15) is 9.59 Å². The highest BCUT2D eigenvalue weighted by molar-refractivity contribution is 5.85. The Morgan fingerprint density at radius 1 is 1.44 bits per heavy atom. The van der Waals surface area contributed by atoms with Crippen molar-refractivity contribution in [3.05, 3.63) is 0 Å². The van der Waals surface area contributed by atoms with Crippen LogP contribution in [-0.4, -0.2) is 48.7 Å². The second-order valence-corrected chi connectivity index (χ2v) is 4.87. The minimum absolute atomic E-state index is 0.0438. The van der Waals surface area contributed by atoms with Gasteiger partial charge >= 0.3 is 6.09 Å². The van der Waals surface area contributed by atoms with Crippen LogP contribution in [0.3, 0.4) is 0 Å². The molecule has 1 aliphatic rings. The summed E-state index contributed by atoms with van der Waals surface area (Å²) in [5.41, 5.74) is -0.513. The minimum Gasteiger partial charge on any atom is -0.444 e. The number of Topliss-reactive ketones (excluding diaryl/α,β-unsaturated/α-hetero) is 1. The van der Waals surface area contributed by atoms with Crippen molar-refractivity contribution < 1.29 is 19.1 Å². The van der Waals surface area contributed by atoms with Gasteiger partial charge in [0.1, 0.15) is 11.7 Å². The molecule has 0 spiro atoms. The first-order chi connectivity index (χ1) is 7.33. The van der Waals surface area contributed by atoms with Crippen molar-refractivity contribution >= 4 is 11.9 Å². The van der Waals surface area contributed by atoms with Crippen LogP contribution in [0.4, 0.5) is 4.79 Å². The number of carbonyl (C=O) groups excluding carboxylic acids is 2. The van der Waals surface area contributed by atoms with Gasteiger partial charge in [-0.15, -0.1) is 0 Å². The number of nitrogens with zero attached hydrogens (tertiary/aromatic N) is 1. The molecule has 0 bridgehead atoms. The zero-order valence-electron chi connectivity index (χ0n) is 10.3. The largest absolute Gasteiger partial charge is 0.444 e. The number of ether oxygens (including phenoxy) is 2. The average Bonchev–Trinajstić information content (AvgIpc) is 2.15. The molecule has 16 heavy (non-hydrogen) atoms. The van der Waals surface area contributed by atoms with Crippen LogP contribution in [0.15, 0.2) is 0 Å². The van der Waals surface area contributed by atoms with Gasteiger partial charge in [0, 0.05) is 20.1 Å². The summed E-state index contributed by atoms with van der Waals surface area (Å²) >= 11 is 0. The molecule has 1 atom stereocenters. The van der Waals surface area contributed by atoms with E-state index in [1.165, 1.54) is 12.0 Å². The van der Waals surface area contributed by atoms with Crippen LogP contribution in [0.5, 0.6) is 0 Å². The maximum atomic E-state index is 11.7. The molecule has 5 heteroatoms. The van der Waals surface area contributed by atoms with Crippen LogP contribution in [0, 0.1) is 0 Å². The molecule has 1 unspecified atom stereocenters. The summed E-state index contributed by atoms with van der Waals surface area (Å²) in [5.74, 6) is 0.0438. The molecule has 5 nitrogen and oxygen atoms in total. The third-order valence-electron chi connectivity index (χ3n) is 2.31. The lowest BCUT2D eigenvalue weighted by Crippen LogP contribution is -2.49. The minimum atomic E-state index is -0.513. The smallest absolute Gasteiger partial charge is 0.410 e. The molecule has 0 aliphatic carbocycles. The molecule has 0 aromatic carbocycles. The van der Waals surface area contributed by atoms with E-state index in [2.05, 4.69) is 0 Å². The van der Waals surface area contributed by atoms with Crippen LogP contribution >= 0.6 is 0 Å². The van der Waals surface area contributed by atoms with Crippen molar-refractivity contribution in [1.29, 1.82) is 0 Å². The van der Waals surface area contributed by atoms with Crippen molar-refractivity contribution in [1.82, 2.24) is 4.90 Å². The summed E-state index contributed by atoms with van der Waals surface area (Å²) in [6, 6.07) is 0. The van der Waals surface area contributed by atoms with Crippen molar-refractivity contribution in [3.8, 4) is 0 Å². The number of carbonyl (C=O) groups is 2. The van der Waals surface area contributed by atoms with E-state index in [0.29, 0.717) is 13.0 Å². The first-order valence-electron chi connectivity index (χ1n) is 5.37. The quantitative estimate of drug-likeness (QED) is 0.678. The molecule has 1 amide bonds. The van der Waals surface area contributed by atoms with Crippen molar-refractivity contribution in [3.63, 3.8) is 0 Å². The van der Waals surface area contributed by atoms with Crippen molar-refractivity contribution in [2.24, 2.45) is 0 Å². The van der Waals surface area contributed by atoms with Gasteiger partial charge in [-0.3, -0.25) is 4.79 Å². The van der Waals surface area contributed by atoms with Gasteiger partial charge in [-0.2, -0.15) is 0 Å². The highest BCUT2D eigenvalue weighted by Gasteiger charge is 2.31. The fourth-order valence-electron chi connectivity index (χ4n) is 1.50. The van der Waals surface area contributed by atoms with E-state index < -0.39 is 11.7 Å². The molecular weight excluding hydrogens is 210 g/mol. The second kappa shape index (κ2) is 4.82. The number of methoxy groups -OCH3 is 1. The zero-order valence-corrected chi connectivity index (χ0v) is 10.3. The molecule has 92 valence electrons. The summed E-state index contributed by atoms with van der Waals surface area (Å²) in [6.45, 7) is 6.13. The fourth-order valence-corrected chi connectivity index (χ4v) is 1.50. The van der Waals surface area contributed by atoms with E-state index in [1.807, 2.05) is 20.8 Å². The molecule has 0 radical (unpaired) electrons. The molecule has 1 rings (SSSR count). The number of hydrogen-bond acceptors (Lipinski definition) is 4. The lowest BCUT2D eigenvalue weighted by atomic mass is 10.1. The van der Waals surface area contributed by atoms with Gasteiger partial charge in [0.05, 0.1) is 6.54 Å². The van der Waals surface area contributed by atoms with Gasteiger partial charge in [0.2, 0.25) is 0 Å². The third kappa shape index (κ3) is 3.48. The summed E-state index contributed by atoms with van der Waals surface area (Å²) in [7, 11) is 1.47. The van der Waals surface area contributed by atoms with Crippen LogP contribution in [0.25, 0.3) is 0 Å². The van der Waals surface area contributed by atoms with Crippen LogP contribution in [0.2, 0.25) is 0 Å². The zero-order chi connectivity index (χ0) is 12.3. The average molecular weight is 229 g/mol. The fraction of sp³-hybridized carbons (Fsp3) is 0.818. The predicted molar refractivity (Wildman–Crippen MR) is 58.2 cm³/mol. The predicted octanol–water partition coefficient (Wildman–Crippen LogP) is 1.21. The topological polar surface area (TPSA) is 55.8 Å². The number of likely N-dealkylation sites (tertiary alicyclic amines) is 1. The monoisotopic (exact) mass is 229 g/mol. The number of hydrogen-bond donors (Lipinski definition) is 0. The standard InChI is InChI=1S/C11H19NO4/c1-11(2,3)16-10(14)12-6-5-8(13)9(7-12)15-4/h9H,5-7H2,1-4H3. The summed E-state index contributed by atoms with van der Waals surface area (Å²) in [4.78, 5) is 24.6. The Labute approximate surface area is 95.7 Å². The molecule has 1 saturated heterocycles. The molecule has 1 heterocycles. The normalized spacial score (nSPS) is 22.1. The van der Waals surface area contributed by atoms with Gasteiger partial charge in [-0.05, 0) is 20.8 Å². The second-order valence-electron chi connectivity index (χ2n) is 4.87. The van der Waals surface area contributed by atoms with Crippen molar-refractivity contribution in [2.45, 2.75) is 38.9 Å². The summed E-state index contributed by atoms with van der Waals surface area (Å²) < 4.78 is 10.2. The third-order valence-corrected chi connectivity index (χ3v) is 2.31. The lowest BCUT2D eigenvalue weighted by Gasteiger charge is -2.32. The van der Waals surface area contributed by atoms with Crippen LogP contribution in [0.1, 0.15) is 27.2 Å². The maximum Gasteiger partial charge on any atom is 0.410 e. The maximum absolute atomic E-state index is 11.7. The van der Waals surface area contributed by atoms with E-state index in [4.69, 9.17) is 9.47 Å². The molecule has 0 saturated carbocycles. The Hall–Kier alpha value is -1.10. The molecule has 0 aromatic heterocycles. The Morgan fingerprint density at radius 2 is 2.06 bits per heavy atom. The van der Waals surface area contributed by atoms with Gasteiger partial charge in [-0.25, -0.2) is 4.79 Å². The number of piperidine rings is 1. The van der Waals surface area contributed by atoms with Crippen LogP contribution < -0.4 is 0 Å². The Morgan fingerprint density at radius 3 is 2.56 bits per heavy atom. The highest BCUT2D eigenvalue weighted by Crippen LogP contribution is 2.14. The first-order valence-corrected chi connectivity index (χ1v) is 5.37. The summed E-state index contributed by atoms with van der Waals surface area (Å²) in [6.07, 6.45) is -0.569. The Balaban J connectivity index is 2.55. The molecule has 1 fully saturated rings. The molecule has 0 aromatic rings. The first kappa shape index (κ1) is 13.0.